The fourth-order valence-electron chi connectivity index (χ4n) is 1.43. The molecule has 0 fully saturated rings. The molecule has 0 aliphatic rings. The summed E-state index contributed by atoms with van der Waals surface area (Å²) in [5.74, 6) is 0. The number of hydrogen-bond donors (Lipinski definition) is 2. The monoisotopic (exact) mass is 237 g/mol. The molecule has 0 amide bonds. The van der Waals surface area contributed by atoms with E-state index in [1.807, 2.05) is 0 Å². The minimum atomic E-state index is -0.263. The number of nitrogens with one attached hydrogen (secondary N) is 2. The number of aromatic nitrogens is 1. The molecule has 0 unspecified atom stereocenters. The van der Waals surface area contributed by atoms with Crippen molar-refractivity contribution in [2.45, 2.75) is 0 Å². The Kier molecular flexibility index (Phi) is 3.04. The third-order valence-electron chi connectivity index (χ3n) is 2.25. The number of rotatable bonds is 2. The van der Waals surface area contributed by atoms with E-state index in [1.54, 1.807) is 36.5 Å². The van der Waals surface area contributed by atoms with Gasteiger partial charge in [-0.05, 0) is 22.9 Å². The fourth-order valence-corrected chi connectivity index (χ4v) is 1.43. The van der Waals surface area contributed by atoms with Crippen molar-refractivity contribution in [1.29, 1.82) is 10.5 Å². The van der Waals surface area contributed by atoms with E-state index in [0.717, 1.165) is 10.8 Å². The molecular weight excluding hydrogens is 230 g/mol. The number of anilines is 1. The third-order valence-corrected chi connectivity index (χ3v) is 2.25. The van der Waals surface area contributed by atoms with Gasteiger partial charge in [0.25, 0.3) is 0 Å². The highest BCUT2D eigenvalue weighted by molar-refractivity contribution is 6.10. The molecule has 6 heteroatoms. The first-order chi connectivity index (χ1) is 8.72. The van der Waals surface area contributed by atoms with Crippen molar-refractivity contribution >= 4 is 22.2 Å². The maximum absolute atomic E-state index is 11.2. The molecule has 1 heterocycles. The van der Waals surface area contributed by atoms with Gasteiger partial charge in [-0.1, -0.05) is 6.07 Å². The Hall–Kier alpha value is -3.12. The quantitative estimate of drug-likeness (QED) is 0.607. The van der Waals surface area contributed by atoms with E-state index >= 15 is 0 Å². The SMILES string of the molecule is N#CC(C#N)=NNc1ccc2c[nH]c(=O)cc2c1. The minimum Gasteiger partial charge on any atom is -0.328 e. The summed E-state index contributed by atoms with van der Waals surface area (Å²) in [5, 5.41) is 22.3. The van der Waals surface area contributed by atoms with E-state index in [0.29, 0.717) is 5.69 Å². The Bertz CT molecular complexity index is 744. The average Bonchev–Trinajstić information content (AvgIpc) is 2.39. The number of aromatic amines is 1. The van der Waals surface area contributed by atoms with Crippen LogP contribution < -0.4 is 11.0 Å². The molecule has 0 bridgehead atoms. The van der Waals surface area contributed by atoms with Crippen molar-refractivity contribution in [3.63, 3.8) is 0 Å². The molecular formula is C12H7N5O. The number of fused-ring (bicyclic) bond motifs is 1. The van der Waals surface area contributed by atoms with Gasteiger partial charge in [-0.15, -0.1) is 0 Å². The largest absolute Gasteiger partial charge is 0.328 e. The molecule has 18 heavy (non-hydrogen) atoms. The molecule has 86 valence electrons. The normalized spacial score (nSPS) is 9.22. The van der Waals surface area contributed by atoms with Gasteiger partial charge < -0.3 is 4.98 Å². The van der Waals surface area contributed by atoms with Crippen LogP contribution in [-0.4, -0.2) is 10.7 Å². The highest BCUT2D eigenvalue weighted by atomic mass is 16.1. The van der Waals surface area contributed by atoms with Crippen molar-refractivity contribution < 1.29 is 0 Å². The first-order valence-corrected chi connectivity index (χ1v) is 4.99. The van der Waals surface area contributed by atoms with Crippen molar-refractivity contribution in [3.05, 3.63) is 40.8 Å². The number of nitrogens with zero attached hydrogens (tertiary/aromatic N) is 3. The summed E-state index contributed by atoms with van der Waals surface area (Å²) < 4.78 is 0. The molecule has 0 saturated heterocycles. The van der Waals surface area contributed by atoms with Crippen LogP contribution in [0.3, 0.4) is 0 Å². The maximum Gasteiger partial charge on any atom is 0.248 e. The number of hydrogen-bond acceptors (Lipinski definition) is 5. The molecule has 0 radical (unpaired) electrons. The van der Waals surface area contributed by atoms with E-state index in [4.69, 9.17) is 10.5 Å². The lowest BCUT2D eigenvalue weighted by molar-refractivity contribution is 1.27. The van der Waals surface area contributed by atoms with Crippen LogP contribution in [0.5, 0.6) is 0 Å². The topological polar surface area (TPSA) is 105 Å². The Morgan fingerprint density at radius 3 is 2.72 bits per heavy atom. The van der Waals surface area contributed by atoms with Gasteiger partial charge in [0.1, 0.15) is 12.1 Å². The summed E-state index contributed by atoms with van der Waals surface area (Å²) in [4.78, 5) is 13.7. The highest BCUT2D eigenvalue weighted by Crippen LogP contribution is 2.16. The summed E-state index contributed by atoms with van der Waals surface area (Å²) in [5.41, 5.74) is 2.72. The smallest absolute Gasteiger partial charge is 0.248 e. The summed E-state index contributed by atoms with van der Waals surface area (Å²) in [6.07, 6.45) is 1.61. The zero-order chi connectivity index (χ0) is 13.0. The lowest BCUT2D eigenvalue weighted by Crippen LogP contribution is -2.02. The van der Waals surface area contributed by atoms with Gasteiger partial charge in [0.2, 0.25) is 11.3 Å². The van der Waals surface area contributed by atoms with Crippen LogP contribution in [-0.2, 0) is 0 Å². The number of hydrazone groups is 1. The van der Waals surface area contributed by atoms with Crippen LogP contribution in [0, 0.1) is 22.7 Å². The Morgan fingerprint density at radius 1 is 1.22 bits per heavy atom. The average molecular weight is 237 g/mol. The van der Waals surface area contributed by atoms with Gasteiger partial charge in [0.05, 0.1) is 5.69 Å². The number of pyridine rings is 1. The van der Waals surface area contributed by atoms with Crippen LogP contribution in [0.4, 0.5) is 5.69 Å². The number of benzene rings is 1. The number of H-pyrrole nitrogens is 1. The molecule has 2 N–H and O–H groups in total. The van der Waals surface area contributed by atoms with Crippen LogP contribution >= 0.6 is 0 Å². The molecule has 1 aromatic heterocycles. The van der Waals surface area contributed by atoms with E-state index in [-0.39, 0.29) is 11.3 Å². The second-order valence-corrected chi connectivity index (χ2v) is 3.44. The van der Waals surface area contributed by atoms with Crippen LogP contribution in [0.2, 0.25) is 0 Å². The van der Waals surface area contributed by atoms with Crippen molar-refractivity contribution in [2.75, 3.05) is 5.43 Å². The molecule has 0 atom stereocenters. The Labute approximate surface area is 102 Å². The first kappa shape index (κ1) is 11.4. The van der Waals surface area contributed by atoms with E-state index in [2.05, 4.69) is 15.5 Å². The highest BCUT2D eigenvalue weighted by Gasteiger charge is 1.98. The molecule has 0 spiro atoms. The van der Waals surface area contributed by atoms with Crippen molar-refractivity contribution in [3.8, 4) is 12.1 Å². The minimum absolute atomic E-state index is 0.196. The van der Waals surface area contributed by atoms with E-state index < -0.39 is 0 Å². The predicted octanol–water partition coefficient (Wildman–Crippen LogP) is 1.34. The summed E-state index contributed by atoms with van der Waals surface area (Å²) in [7, 11) is 0. The lowest BCUT2D eigenvalue weighted by atomic mass is 10.1. The molecule has 0 saturated carbocycles. The summed E-state index contributed by atoms with van der Waals surface area (Å²) in [6.45, 7) is 0. The molecule has 0 aliphatic heterocycles. The molecule has 1 aromatic carbocycles. The third kappa shape index (κ3) is 2.34. The Balaban J connectivity index is 2.37. The van der Waals surface area contributed by atoms with Gasteiger partial charge >= 0.3 is 0 Å². The molecule has 0 aliphatic carbocycles. The van der Waals surface area contributed by atoms with Gasteiger partial charge in [0.15, 0.2) is 0 Å². The number of nitriles is 2. The van der Waals surface area contributed by atoms with Crippen molar-refractivity contribution in [1.82, 2.24) is 4.98 Å². The van der Waals surface area contributed by atoms with E-state index in [9.17, 15) is 4.79 Å². The molecule has 2 rings (SSSR count). The van der Waals surface area contributed by atoms with Gasteiger partial charge in [-0.2, -0.15) is 15.6 Å². The van der Waals surface area contributed by atoms with Gasteiger partial charge in [0, 0.05) is 12.3 Å². The molecule has 2 aromatic rings. The summed E-state index contributed by atoms with van der Waals surface area (Å²) in [6, 6.07) is 9.97. The van der Waals surface area contributed by atoms with Crippen LogP contribution in [0.1, 0.15) is 0 Å². The van der Waals surface area contributed by atoms with Crippen LogP contribution in [0.25, 0.3) is 10.8 Å². The molecule has 6 nitrogen and oxygen atoms in total. The van der Waals surface area contributed by atoms with Gasteiger partial charge in [-0.3, -0.25) is 10.2 Å². The standard InChI is InChI=1S/C12H7N5O/c13-5-11(6-14)17-16-10-2-1-8-7-15-12(18)4-9(8)3-10/h1-4,7,16H,(H,15,18). The van der Waals surface area contributed by atoms with Crippen LogP contribution in [0.15, 0.2) is 40.4 Å². The predicted molar refractivity (Wildman–Crippen MR) is 66.9 cm³/mol. The van der Waals surface area contributed by atoms with Crippen molar-refractivity contribution in [2.24, 2.45) is 5.10 Å². The van der Waals surface area contributed by atoms with Gasteiger partial charge in [-0.25, -0.2) is 0 Å². The first-order valence-electron chi connectivity index (χ1n) is 4.99. The summed E-state index contributed by atoms with van der Waals surface area (Å²) >= 11 is 0. The van der Waals surface area contributed by atoms with E-state index in [1.165, 1.54) is 6.07 Å². The zero-order valence-electron chi connectivity index (χ0n) is 9.14. The zero-order valence-corrected chi connectivity index (χ0v) is 9.14. The maximum atomic E-state index is 11.2. The Morgan fingerprint density at radius 2 is 2.00 bits per heavy atom. The second kappa shape index (κ2) is 4.81. The fraction of sp³-hybridized carbons (Fsp3) is 0. The lowest BCUT2D eigenvalue weighted by Gasteiger charge is -2.02. The second-order valence-electron chi connectivity index (χ2n) is 3.44.